The molecule has 0 saturated carbocycles. The molecule has 0 spiro atoms. The summed E-state index contributed by atoms with van der Waals surface area (Å²) in [6.07, 6.45) is -6.18. The van der Waals surface area contributed by atoms with Crippen molar-refractivity contribution >= 4 is 0 Å². The summed E-state index contributed by atoms with van der Waals surface area (Å²) < 4.78 is 0. The number of nitrogens with zero attached hydrogens (tertiary/aromatic N) is 1. The largest absolute Gasteiger partial charge is 0.394 e. The van der Waals surface area contributed by atoms with Crippen molar-refractivity contribution in [1.82, 2.24) is 5.32 Å². The lowest BCUT2D eigenvalue weighted by atomic mass is 10.0. The smallest absolute Gasteiger partial charge is 0.131 e. The number of aliphatic hydroxyl groups is 5. The van der Waals surface area contributed by atoms with E-state index in [2.05, 4.69) is 10.5 Å². The average Bonchev–Trinajstić information content (AvgIpc) is 2.26. The highest BCUT2D eigenvalue weighted by Gasteiger charge is 2.29. The minimum Gasteiger partial charge on any atom is -0.394 e. The molecular weight excluding hydrogens is 208 g/mol. The van der Waals surface area contributed by atoms with E-state index in [0.29, 0.717) is 0 Å². The van der Waals surface area contributed by atoms with E-state index >= 15 is 0 Å². The lowest BCUT2D eigenvalue weighted by molar-refractivity contribution is -0.113. The van der Waals surface area contributed by atoms with Gasteiger partial charge in [-0.1, -0.05) is 5.18 Å². The normalized spacial score (nSPS) is 19.3. The Morgan fingerprint density at radius 2 is 1.60 bits per heavy atom. The van der Waals surface area contributed by atoms with Crippen LogP contribution in [0.4, 0.5) is 0 Å². The SMILES string of the molecule is O=NCNC[C@H](O)[C@@H](O)[C@H](O)[C@H](O)CO. The van der Waals surface area contributed by atoms with Crippen LogP contribution < -0.4 is 5.32 Å². The second-order valence-corrected chi connectivity index (χ2v) is 3.04. The first-order valence-electron chi connectivity index (χ1n) is 4.37. The minimum absolute atomic E-state index is 0.165. The van der Waals surface area contributed by atoms with Crippen LogP contribution in [0.1, 0.15) is 0 Å². The fourth-order valence-corrected chi connectivity index (χ4v) is 0.942. The highest BCUT2D eigenvalue weighted by molar-refractivity contribution is 4.81. The average molecular weight is 224 g/mol. The molecule has 0 aromatic heterocycles. The van der Waals surface area contributed by atoms with Crippen LogP contribution in [0.2, 0.25) is 0 Å². The predicted octanol–water partition coefficient (Wildman–Crippen LogP) is -3.26. The van der Waals surface area contributed by atoms with Crippen molar-refractivity contribution in [2.45, 2.75) is 24.4 Å². The van der Waals surface area contributed by atoms with E-state index in [4.69, 9.17) is 10.2 Å². The molecule has 0 bridgehead atoms. The van der Waals surface area contributed by atoms with Gasteiger partial charge in [0.05, 0.1) is 12.7 Å². The summed E-state index contributed by atoms with van der Waals surface area (Å²) in [7, 11) is 0. The third kappa shape index (κ3) is 5.11. The molecule has 90 valence electrons. The van der Waals surface area contributed by atoms with E-state index in [9.17, 15) is 20.2 Å². The van der Waals surface area contributed by atoms with E-state index in [0.717, 1.165) is 0 Å². The van der Waals surface area contributed by atoms with Crippen molar-refractivity contribution < 1.29 is 25.5 Å². The van der Waals surface area contributed by atoms with Crippen LogP contribution in [0.25, 0.3) is 0 Å². The number of hydrogen-bond acceptors (Lipinski definition) is 8. The third-order valence-electron chi connectivity index (χ3n) is 1.86. The Morgan fingerprint density at radius 3 is 2.07 bits per heavy atom. The van der Waals surface area contributed by atoms with Gasteiger partial charge in [0.15, 0.2) is 0 Å². The van der Waals surface area contributed by atoms with Crippen LogP contribution >= 0.6 is 0 Å². The van der Waals surface area contributed by atoms with E-state index in [1.54, 1.807) is 0 Å². The summed E-state index contributed by atoms with van der Waals surface area (Å²) >= 11 is 0. The van der Waals surface area contributed by atoms with Gasteiger partial charge in [0.2, 0.25) is 0 Å². The van der Waals surface area contributed by atoms with Crippen LogP contribution in [-0.4, -0.2) is 69.8 Å². The number of rotatable bonds is 8. The molecule has 0 aliphatic rings. The molecule has 0 unspecified atom stereocenters. The second kappa shape index (κ2) is 7.63. The van der Waals surface area contributed by atoms with Gasteiger partial charge in [-0.15, -0.1) is 4.91 Å². The van der Waals surface area contributed by atoms with Gasteiger partial charge in [0, 0.05) is 6.54 Å². The Hall–Kier alpha value is -0.640. The van der Waals surface area contributed by atoms with Gasteiger partial charge in [-0.2, -0.15) is 0 Å². The van der Waals surface area contributed by atoms with Crippen LogP contribution in [0.3, 0.4) is 0 Å². The summed E-state index contributed by atoms with van der Waals surface area (Å²) in [5.41, 5.74) is 0. The van der Waals surface area contributed by atoms with Crippen molar-refractivity contribution in [2.24, 2.45) is 5.18 Å². The maximum absolute atomic E-state index is 9.67. The number of nitroso groups, excluding NO2 is 1. The highest BCUT2D eigenvalue weighted by Crippen LogP contribution is 2.04. The first-order chi connectivity index (χ1) is 7.04. The maximum atomic E-state index is 9.67. The van der Waals surface area contributed by atoms with Gasteiger partial charge in [-0.3, -0.25) is 5.32 Å². The first kappa shape index (κ1) is 14.4. The summed E-state index contributed by atoms with van der Waals surface area (Å²) in [4.78, 5) is 9.67. The predicted molar refractivity (Wildman–Crippen MR) is 49.8 cm³/mol. The number of hydrogen-bond donors (Lipinski definition) is 6. The molecular formula is C7H16N2O6. The van der Waals surface area contributed by atoms with Crippen LogP contribution in [-0.2, 0) is 0 Å². The lowest BCUT2D eigenvalue weighted by Gasteiger charge is -2.25. The van der Waals surface area contributed by atoms with E-state index < -0.39 is 31.0 Å². The Kier molecular flexibility index (Phi) is 7.30. The summed E-state index contributed by atoms with van der Waals surface area (Å²) in [5.74, 6) is 0. The second-order valence-electron chi connectivity index (χ2n) is 3.04. The van der Waals surface area contributed by atoms with Crippen molar-refractivity contribution in [3.63, 3.8) is 0 Å². The Bertz CT molecular complexity index is 181. The van der Waals surface area contributed by atoms with Gasteiger partial charge in [0.25, 0.3) is 0 Å². The van der Waals surface area contributed by atoms with Gasteiger partial charge in [0.1, 0.15) is 25.0 Å². The van der Waals surface area contributed by atoms with Crippen LogP contribution in [0, 0.1) is 4.91 Å². The van der Waals surface area contributed by atoms with Crippen LogP contribution in [0.5, 0.6) is 0 Å². The molecule has 0 amide bonds. The first-order valence-corrected chi connectivity index (χ1v) is 4.37. The monoisotopic (exact) mass is 224 g/mol. The quantitative estimate of drug-likeness (QED) is 0.187. The lowest BCUT2D eigenvalue weighted by Crippen LogP contribution is -2.49. The zero-order chi connectivity index (χ0) is 11.8. The molecule has 15 heavy (non-hydrogen) atoms. The molecule has 0 rings (SSSR count). The zero-order valence-corrected chi connectivity index (χ0v) is 8.02. The van der Waals surface area contributed by atoms with Crippen LogP contribution in [0.15, 0.2) is 5.18 Å². The Morgan fingerprint density at radius 1 is 1.07 bits per heavy atom. The molecule has 0 aliphatic heterocycles. The minimum atomic E-state index is -1.66. The van der Waals surface area contributed by atoms with Gasteiger partial charge >= 0.3 is 0 Å². The molecule has 0 saturated heterocycles. The van der Waals surface area contributed by atoms with Crippen molar-refractivity contribution in [1.29, 1.82) is 0 Å². The standard InChI is InChI=1S/C7H16N2O6/c10-2-5(12)7(14)6(13)4(11)1-8-3-9-15/h4-8,10-14H,1-3H2/t4-,5+,6+,7+/m0/s1. The Labute approximate surface area is 86.1 Å². The summed E-state index contributed by atoms with van der Waals surface area (Å²) in [6, 6.07) is 0. The summed E-state index contributed by atoms with van der Waals surface area (Å²) in [5, 5.41) is 50.0. The highest BCUT2D eigenvalue weighted by atomic mass is 16.4. The molecule has 4 atom stereocenters. The molecule has 0 aliphatic carbocycles. The van der Waals surface area contributed by atoms with Gasteiger partial charge < -0.3 is 25.5 Å². The van der Waals surface area contributed by atoms with E-state index in [-0.39, 0.29) is 13.2 Å². The topological polar surface area (TPSA) is 143 Å². The molecule has 0 heterocycles. The van der Waals surface area contributed by atoms with E-state index in [1.165, 1.54) is 0 Å². The maximum Gasteiger partial charge on any atom is 0.131 e. The van der Waals surface area contributed by atoms with Gasteiger partial charge in [-0.05, 0) is 0 Å². The molecule has 0 aromatic carbocycles. The fraction of sp³-hybridized carbons (Fsp3) is 1.00. The van der Waals surface area contributed by atoms with Crippen molar-refractivity contribution in [3.8, 4) is 0 Å². The Balaban J connectivity index is 3.95. The third-order valence-corrected chi connectivity index (χ3v) is 1.86. The van der Waals surface area contributed by atoms with Crippen molar-refractivity contribution in [2.75, 3.05) is 19.8 Å². The molecule has 8 nitrogen and oxygen atoms in total. The fourth-order valence-electron chi connectivity index (χ4n) is 0.942. The molecule has 0 fully saturated rings. The number of aliphatic hydroxyl groups excluding tert-OH is 5. The molecule has 0 radical (unpaired) electrons. The summed E-state index contributed by atoms with van der Waals surface area (Å²) in [6.45, 7) is -1.13. The number of nitrogens with one attached hydrogen (secondary N) is 1. The van der Waals surface area contributed by atoms with E-state index in [1.807, 2.05) is 0 Å². The molecule has 0 aromatic rings. The van der Waals surface area contributed by atoms with Gasteiger partial charge in [-0.25, -0.2) is 0 Å². The van der Waals surface area contributed by atoms with Crippen molar-refractivity contribution in [3.05, 3.63) is 4.91 Å². The molecule has 8 heteroatoms. The zero-order valence-electron chi connectivity index (χ0n) is 8.02. The molecule has 6 N–H and O–H groups in total.